The Balaban J connectivity index is 1.32. The molecule has 156 valence electrons. The number of piperazine rings is 1. The van der Waals surface area contributed by atoms with Crippen LogP contribution in [0.3, 0.4) is 0 Å². The van der Waals surface area contributed by atoms with E-state index < -0.39 is 0 Å². The van der Waals surface area contributed by atoms with E-state index in [1.54, 1.807) is 13.4 Å². The van der Waals surface area contributed by atoms with Crippen LogP contribution in [0.2, 0.25) is 5.02 Å². The van der Waals surface area contributed by atoms with E-state index in [1.165, 1.54) is 11.8 Å². The largest absolute Gasteiger partial charge is 0.497 e. The fourth-order valence-electron chi connectivity index (χ4n) is 3.35. The van der Waals surface area contributed by atoms with Crippen LogP contribution in [-0.2, 0) is 4.79 Å². The van der Waals surface area contributed by atoms with Crippen LogP contribution in [0.25, 0.3) is 5.69 Å². The van der Waals surface area contributed by atoms with Gasteiger partial charge < -0.3 is 14.5 Å². The molecular formula is C21H22ClN5O2S. The molecule has 0 atom stereocenters. The van der Waals surface area contributed by atoms with Gasteiger partial charge >= 0.3 is 0 Å². The molecule has 0 aliphatic carbocycles. The molecule has 0 radical (unpaired) electrons. The van der Waals surface area contributed by atoms with Crippen molar-refractivity contribution < 1.29 is 9.53 Å². The molecule has 0 spiro atoms. The molecule has 30 heavy (non-hydrogen) atoms. The van der Waals surface area contributed by atoms with Crippen LogP contribution in [0.1, 0.15) is 0 Å². The Bertz CT molecular complexity index is 1000. The highest BCUT2D eigenvalue weighted by Gasteiger charge is 2.22. The third-order valence-corrected chi connectivity index (χ3v) is 6.16. The van der Waals surface area contributed by atoms with Crippen LogP contribution >= 0.6 is 23.4 Å². The summed E-state index contributed by atoms with van der Waals surface area (Å²) in [4.78, 5) is 16.9. The molecule has 0 bridgehead atoms. The molecule has 1 amide bonds. The number of ether oxygens (including phenoxy) is 1. The van der Waals surface area contributed by atoms with Gasteiger partial charge in [-0.3, -0.25) is 9.36 Å². The predicted octanol–water partition coefficient (Wildman–Crippen LogP) is 3.37. The number of nitrogens with zero attached hydrogens (tertiary/aromatic N) is 5. The lowest BCUT2D eigenvalue weighted by Crippen LogP contribution is -2.49. The van der Waals surface area contributed by atoms with Crippen molar-refractivity contribution in [2.24, 2.45) is 0 Å². The zero-order valence-electron chi connectivity index (χ0n) is 16.6. The molecule has 1 aliphatic heterocycles. The van der Waals surface area contributed by atoms with Crippen molar-refractivity contribution in [1.29, 1.82) is 0 Å². The van der Waals surface area contributed by atoms with Crippen molar-refractivity contribution in [3.8, 4) is 11.4 Å². The number of carbonyl (C=O) groups is 1. The molecule has 0 saturated carbocycles. The second kappa shape index (κ2) is 9.40. The highest BCUT2D eigenvalue weighted by atomic mass is 35.5. The Morgan fingerprint density at radius 3 is 2.57 bits per heavy atom. The average Bonchev–Trinajstić information content (AvgIpc) is 3.26. The van der Waals surface area contributed by atoms with E-state index in [0.29, 0.717) is 24.0 Å². The normalized spacial score (nSPS) is 14.1. The van der Waals surface area contributed by atoms with Crippen LogP contribution in [0.15, 0.2) is 60.0 Å². The fraction of sp³-hybridized carbons (Fsp3) is 0.286. The highest BCUT2D eigenvalue weighted by Crippen LogP contribution is 2.23. The van der Waals surface area contributed by atoms with Crippen LogP contribution in [0.4, 0.5) is 5.69 Å². The molecule has 3 aromatic rings. The van der Waals surface area contributed by atoms with Crippen molar-refractivity contribution in [1.82, 2.24) is 19.7 Å². The zero-order chi connectivity index (χ0) is 20.9. The zero-order valence-corrected chi connectivity index (χ0v) is 18.1. The van der Waals surface area contributed by atoms with Gasteiger partial charge in [-0.25, -0.2) is 0 Å². The van der Waals surface area contributed by atoms with Crippen molar-refractivity contribution in [3.63, 3.8) is 0 Å². The number of aromatic nitrogens is 3. The van der Waals surface area contributed by atoms with Crippen LogP contribution in [-0.4, -0.2) is 64.6 Å². The minimum absolute atomic E-state index is 0.107. The van der Waals surface area contributed by atoms with Gasteiger partial charge in [-0.1, -0.05) is 29.4 Å². The van der Waals surface area contributed by atoms with Gasteiger partial charge in [0.2, 0.25) is 5.91 Å². The van der Waals surface area contributed by atoms with Gasteiger partial charge in [0.25, 0.3) is 0 Å². The molecule has 1 aromatic heterocycles. The van der Waals surface area contributed by atoms with Gasteiger partial charge in [-0.2, -0.15) is 0 Å². The summed E-state index contributed by atoms with van der Waals surface area (Å²) in [5.74, 6) is 1.22. The van der Waals surface area contributed by atoms with E-state index in [2.05, 4.69) is 15.1 Å². The molecule has 0 N–H and O–H groups in total. The number of hydrogen-bond donors (Lipinski definition) is 0. The van der Waals surface area contributed by atoms with Crippen LogP contribution in [0.5, 0.6) is 5.75 Å². The van der Waals surface area contributed by atoms with Gasteiger partial charge in [0, 0.05) is 42.6 Å². The Labute approximate surface area is 184 Å². The van der Waals surface area contributed by atoms with E-state index in [-0.39, 0.29) is 5.91 Å². The monoisotopic (exact) mass is 443 g/mol. The standard InChI is InChI=1S/C21H22ClN5O2S/c1-29-19-7-5-17(6-8-19)27-15-23-24-21(27)30-14-20(28)26-11-9-25(10-12-26)18-4-2-3-16(22)13-18/h2-8,13,15H,9-12,14H2,1H3. The Morgan fingerprint density at radius 1 is 1.10 bits per heavy atom. The molecule has 2 aromatic carbocycles. The molecule has 0 unspecified atom stereocenters. The van der Waals surface area contributed by atoms with E-state index >= 15 is 0 Å². The average molecular weight is 444 g/mol. The van der Waals surface area contributed by atoms with Gasteiger partial charge in [0.15, 0.2) is 5.16 Å². The van der Waals surface area contributed by atoms with Gasteiger partial charge in [-0.05, 0) is 42.5 Å². The second-order valence-corrected chi connectivity index (χ2v) is 8.20. The molecule has 1 saturated heterocycles. The number of hydrogen-bond acceptors (Lipinski definition) is 6. The maximum atomic E-state index is 12.7. The lowest BCUT2D eigenvalue weighted by molar-refractivity contribution is -0.128. The summed E-state index contributed by atoms with van der Waals surface area (Å²) in [6, 6.07) is 15.5. The Morgan fingerprint density at radius 2 is 1.87 bits per heavy atom. The number of rotatable bonds is 6. The fourth-order valence-corrected chi connectivity index (χ4v) is 4.36. The third kappa shape index (κ3) is 4.71. The maximum Gasteiger partial charge on any atom is 0.233 e. The van der Waals surface area contributed by atoms with Crippen molar-refractivity contribution in [2.45, 2.75) is 5.16 Å². The summed E-state index contributed by atoms with van der Waals surface area (Å²) in [5, 5.41) is 9.58. The summed E-state index contributed by atoms with van der Waals surface area (Å²) in [5.41, 5.74) is 2.02. The first kappa shape index (κ1) is 20.6. The lowest BCUT2D eigenvalue weighted by Gasteiger charge is -2.36. The molecule has 9 heteroatoms. The number of amides is 1. The minimum atomic E-state index is 0.107. The number of carbonyl (C=O) groups excluding carboxylic acids is 1. The smallest absolute Gasteiger partial charge is 0.233 e. The van der Waals surface area contributed by atoms with Crippen molar-refractivity contribution in [3.05, 3.63) is 59.9 Å². The van der Waals surface area contributed by atoms with Crippen LogP contribution < -0.4 is 9.64 Å². The van der Waals surface area contributed by atoms with Crippen molar-refractivity contribution >= 4 is 35.0 Å². The van der Waals surface area contributed by atoms with E-state index in [9.17, 15) is 4.79 Å². The Hall–Kier alpha value is -2.71. The molecule has 1 aliphatic rings. The summed E-state index contributed by atoms with van der Waals surface area (Å²) in [7, 11) is 1.63. The number of methoxy groups -OCH3 is 1. The molecule has 2 heterocycles. The third-order valence-electron chi connectivity index (χ3n) is 5.00. The number of anilines is 1. The number of benzene rings is 2. The van der Waals surface area contributed by atoms with Crippen molar-refractivity contribution in [2.75, 3.05) is 43.9 Å². The summed E-state index contributed by atoms with van der Waals surface area (Å²) >= 11 is 7.49. The summed E-state index contributed by atoms with van der Waals surface area (Å²) < 4.78 is 7.07. The van der Waals surface area contributed by atoms with E-state index in [4.69, 9.17) is 16.3 Å². The molecular weight excluding hydrogens is 422 g/mol. The first-order valence-corrected chi connectivity index (χ1v) is 11.0. The number of halogens is 1. The maximum absolute atomic E-state index is 12.7. The molecule has 1 fully saturated rings. The van der Waals surface area contributed by atoms with Gasteiger partial charge in [0.05, 0.1) is 12.9 Å². The predicted molar refractivity (Wildman–Crippen MR) is 119 cm³/mol. The molecule has 4 rings (SSSR count). The van der Waals surface area contributed by atoms with Gasteiger partial charge in [-0.15, -0.1) is 10.2 Å². The quantitative estimate of drug-likeness (QED) is 0.544. The first-order valence-electron chi connectivity index (χ1n) is 9.59. The SMILES string of the molecule is COc1ccc(-n2cnnc2SCC(=O)N2CCN(c3cccc(Cl)c3)CC2)cc1. The summed E-state index contributed by atoms with van der Waals surface area (Å²) in [6.07, 6.45) is 1.65. The van der Waals surface area contributed by atoms with E-state index in [0.717, 1.165) is 35.2 Å². The van der Waals surface area contributed by atoms with Crippen LogP contribution in [0, 0.1) is 0 Å². The lowest BCUT2D eigenvalue weighted by atomic mass is 10.2. The van der Waals surface area contributed by atoms with E-state index in [1.807, 2.05) is 58.0 Å². The van der Waals surface area contributed by atoms with Gasteiger partial charge in [0.1, 0.15) is 12.1 Å². The molecule has 7 nitrogen and oxygen atoms in total. The first-order chi connectivity index (χ1) is 14.6. The summed E-state index contributed by atoms with van der Waals surface area (Å²) in [6.45, 7) is 2.96. The highest BCUT2D eigenvalue weighted by molar-refractivity contribution is 7.99. The minimum Gasteiger partial charge on any atom is -0.497 e. The second-order valence-electron chi connectivity index (χ2n) is 6.82. The number of thioether (sulfide) groups is 1. The Kier molecular flexibility index (Phi) is 6.44. The topological polar surface area (TPSA) is 63.5 Å².